The Morgan fingerprint density at radius 1 is 0.547 bits per heavy atom. The molecule has 9 aromatic rings. The van der Waals surface area contributed by atoms with E-state index < -0.39 is 0 Å². The summed E-state index contributed by atoms with van der Waals surface area (Å²) in [5, 5.41) is 5.71. The lowest BCUT2D eigenvalue weighted by Gasteiger charge is -2.36. The number of ether oxygens (including phenoxy) is 2. The van der Waals surface area contributed by atoms with Gasteiger partial charge in [0.1, 0.15) is 46.2 Å². The van der Waals surface area contributed by atoms with Crippen LogP contribution in [0.4, 0.5) is 0 Å². The Bertz CT molecular complexity index is 3380. The minimum Gasteiger partial charge on any atom is -0.457 e. The largest absolute Gasteiger partial charge is 0.457 e. The van der Waals surface area contributed by atoms with E-state index in [1.165, 1.54) is 5.56 Å². The summed E-state index contributed by atoms with van der Waals surface area (Å²) in [6.45, 7) is 9.24. The topological polar surface area (TPSA) is 68.3 Å². The molecule has 6 nitrogen and oxygen atoms in total. The number of fused-ring (bicyclic) bond motifs is 7. The summed E-state index contributed by atoms with van der Waals surface area (Å²) in [5.41, 5.74) is 13.1. The lowest BCUT2D eigenvalue weighted by Crippen LogP contribution is -2.33. The van der Waals surface area contributed by atoms with Crippen LogP contribution in [0.1, 0.15) is 84.6 Å². The highest BCUT2D eigenvalue weighted by Crippen LogP contribution is 2.54. The molecule has 1 N–H and O–H groups in total. The van der Waals surface area contributed by atoms with Crippen LogP contribution in [0.15, 0.2) is 190 Å². The quantitative estimate of drug-likeness (QED) is 0.188. The molecule has 3 aliphatic heterocycles. The summed E-state index contributed by atoms with van der Waals surface area (Å²) in [5.74, 6) is 5.25. The molecule has 4 heterocycles. The zero-order chi connectivity index (χ0) is 43.1. The highest BCUT2D eigenvalue weighted by Gasteiger charge is 2.37. The molecule has 1 aromatic heterocycles. The maximum atomic E-state index is 7.15. The Hall–Kier alpha value is -7.70. The van der Waals surface area contributed by atoms with Crippen molar-refractivity contribution in [3.05, 3.63) is 215 Å². The smallest absolute Gasteiger partial charge is 0.159 e. The average Bonchev–Trinajstić information content (AvgIpc) is 3.68. The van der Waals surface area contributed by atoms with E-state index in [0.29, 0.717) is 5.84 Å². The molecule has 0 amide bonds. The molecule has 310 valence electrons. The summed E-state index contributed by atoms with van der Waals surface area (Å²) in [7, 11) is 0. The zero-order valence-corrected chi connectivity index (χ0v) is 36.1. The van der Waals surface area contributed by atoms with E-state index in [9.17, 15) is 0 Å². The number of furan rings is 1. The maximum Gasteiger partial charge on any atom is 0.159 e. The van der Waals surface area contributed by atoms with Crippen molar-refractivity contribution in [3.63, 3.8) is 0 Å². The summed E-state index contributed by atoms with van der Waals surface area (Å²) >= 11 is 0. The van der Waals surface area contributed by atoms with Crippen molar-refractivity contribution in [2.24, 2.45) is 9.98 Å². The molecule has 0 radical (unpaired) electrons. The summed E-state index contributed by atoms with van der Waals surface area (Å²) in [4.78, 5) is 10.4. The molecule has 0 saturated carbocycles. The number of hydrogen-bond donors (Lipinski definition) is 1. The highest BCUT2D eigenvalue weighted by atomic mass is 16.5. The van der Waals surface area contributed by atoms with Crippen molar-refractivity contribution < 1.29 is 13.9 Å². The summed E-state index contributed by atoms with van der Waals surface area (Å²) in [6, 6.07) is 61.2. The average molecular weight is 832 g/mol. The van der Waals surface area contributed by atoms with Crippen LogP contribution < -0.4 is 14.8 Å². The van der Waals surface area contributed by atoms with E-state index in [1.807, 2.05) is 30.3 Å². The molecule has 3 aliphatic rings. The molecule has 12 rings (SSSR count). The van der Waals surface area contributed by atoms with Gasteiger partial charge in [-0.25, -0.2) is 9.98 Å². The van der Waals surface area contributed by atoms with E-state index in [4.69, 9.17) is 23.9 Å². The van der Waals surface area contributed by atoms with Gasteiger partial charge in [-0.1, -0.05) is 161 Å². The second kappa shape index (κ2) is 14.7. The van der Waals surface area contributed by atoms with Crippen LogP contribution in [0.5, 0.6) is 23.0 Å². The molecule has 0 fully saturated rings. The standard InChI is InChI=1S/C58H45N3O3/c1-34-35(2)51-41(24-16-29-48(51)62-46-27-13-11-22-39(34)46)43-32-38(40-23-15-31-50-53(40)58(3,4)45-26-12-14-28-47(45)63-50)33-44-52-42(25-17-30-49(52)64-54(43)44)57-60-55(36-18-7-5-8-19-36)59-56(61-57)37-20-9-6-10-21-37/h5-35,55H,1-4H3,(H,59,60,61). The van der Waals surface area contributed by atoms with Gasteiger partial charge in [0, 0.05) is 49.6 Å². The van der Waals surface area contributed by atoms with Gasteiger partial charge >= 0.3 is 0 Å². The Morgan fingerprint density at radius 2 is 1.20 bits per heavy atom. The normalized spacial score (nSPS) is 18.2. The van der Waals surface area contributed by atoms with Gasteiger partial charge in [-0.2, -0.15) is 0 Å². The van der Waals surface area contributed by atoms with E-state index in [-0.39, 0.29) is 23.4 Å². The number of aliphatic imine (C=N–C) groups is 2. The third kappa shape index (κ3) is 6.00. The minimum absolute atomic E-state index is 0.133. The van der Waals surface area contributed by atoms with Crippen LogP contribution in [-0.2, 0) is 5.41 Å². The molecule has 64 heavy (non-hydrogen) atoms. The molecule has 8 aromatic carbocycles. The number of amidine groups is 2. The predicted molar refractivity (Wildman–Crippen MR) is 258 cm³/mol. The zero-order valence-electron chi connectivity index (χ0n) is 36.1. The Kier molecular flexibility index (Phi) is 8.73. The number of nitrogens with one attached hydrogen (secondary N) is 1. The van der Waals surface area contributed by atoms with Gasteiger partial charge < -0.3 is 19.2 Å². The Morgan fingerprint density at radius 3 is 2.03 bits per heavy atom. The van der Waals surface area contributed by atoms with Crippen molar-refractivity contribution in [1.82, 2.24) is 5.32 Å². The first-order valence-electron chi connectivity index (χ1n) is 22.2. The van der Waals surface area contributed by atoms with E-state index in [1.54, 1.807) is 0 Å². The molecule has 3 unspecified atom stereocenters. The monoisotopic (exact) mass is 831 g/mol. The Labute approximate surface area is 372 Å². The van der Waals surface area contributed by atoms with Crippen molar-refractivity contribution in [3.8, 4) is 45.3 Å². The van der Waals surface area contributed by atoms with Crippen LogP contribution in [0.2, 0.25) is 0 Å². The van der Waals surface area contributed by atoms with Crippen molar-refractivity contribution in [2.75, 3.05) is 0 Å². The molecule has 0 saturated heterocycles. The van der Waals surface area contributed by atoms with Crippen molar-refractivity contribution >= 4 is 33.6 Å². The van der Waals surface area contributed by atoms with Crippen LogP contribution in [0.25, 0.3) is 44.2 Å². The molecular weight excluding hydrogens is 787 g/mol. The van der Waals surface area contributed by atoms with Gasteiger partial charge in [0.05, 0.1) is 0 Å². The SMILES string of the molecule is CC1c2ccccc2Oc2cccc(-c3cc(-c4cccc5c4C(C)(C)c4ccccc4O5)cc4c3oc3cccc(C5=NC(c6ccccc6)=NC(c6ccccc6)N5)c34)c2C1C. The number of para-hydroxylation sites is 2. The number of nitrogens with zero attached hydrogens (tertiary/aromatic N) is 2. The van der Waals surface area contributed by atoms with Gasteiger partial charge in [0.15, 0.2) is 5.84 Å². The summed E-state index contributed by atoms with van der Waals surface area (Å²) in [6.07, 6.45) is -0.350. The van der Waals surface area contributed by atoms with Crippen LogP contribution in [0.3, 0.4) is 0 Å². The number of rotatable bonds is 5. The number of hydrogen-bond acceptors (Lipinski definition) is 6. The second-order valence-electron chi connectivity index (χ2n) is 17.8. The molecule has 3 atom stereocenters. The van der Waals surface area contributed by atoms with Crippen molar-refractivity contribution in [2.45, 2.75) is 51.1 Å². The minimum atomic E-state index is -0.354. The molecule has 0 bridgehead atoms. The van der Waals surface area contributed by atoms with Gasteiger partial charge in [-0.05, 0) is 82.1 Å². The van der Waals surface area contributed by atoms with Crippen molar-refractivity contribution in [1.29, 1.82) is 0 Å². The van der Waals surface area contributed by atoms with E-state index in [0.717, 1.165) is 106 Å². The molecule has 0 spiro atoms. The second-order valence-corrected chi connectivity index (χ2v) is 17.8. The third-order valence-corrected chi connectivity index (χ3v) is 13.7. The predicted octanol–water partition coefficient (Wildman–Crippen LogP) is 14.9. The van der Waals surface area contributed by atoms with Gasteiger partial charge in [0.25, 0.3) is 0 Å². The first-order valence-corrected chi connectivity index (χ1v) is 22.2. The molecule has 0 aliphatic carbocycles. The van der Waals surface area contributed by atoms with Crippen LogP contribution in [-0.4, -0.2) is 11.7 Å². The lowest BCUT2D eigenvalue weighted by molar-refractivity contribution is 0.419. The summed E-state index contributed by atoms with van der Waals surface area (Å²) < 4.78 is 20.7. The van der Waals surface area contributed by atoms with Gasteiger partial charge in [-0.15, -0.1) is 0 Å². The van der Waals surface area contributed by atoms with Gasteiger partial charge in [0.2, 0.25) is 0 Å². The van der Waals surface area contributed by atoms with Crippen LogP contribution >= 0.6 is 0 Å². The van der Waals surface area contributed by atoms with Crippen LogP contribution in [0, 0.1) is 0 Å². The Balaban J connectivity index is 1.13. The fraction of sp³-hybridized carbons (Fsp3) is 0.138. The fourth-order valence-corrected chi connectivity index (χ4v) is 10.3. The first kappa shape index (κ1) is 38.0. The first-order chi connectivity index (χ1) is 31.3. The third-order valence-electron chi connectivity index (χ3n) is 13.7. The van der Waals surface area contributed by atoms with Gasteiger partial charge in [-0.3, -0.25) is 0 Å². The van der Waals surface area contributed by atoms with E-state index in [2.05, 4.69) is 179 Å². The number of benzene rings is 8. The molecule has 6 heteroatoms. The highest BCUT2D eigenvalue weighted by molar-refractivity contribution is 6.23. The van der Waals surface area contributed by atoms with E-state index >= 15 is 0 Å². The lowest BCUT2D eigenvalue weighted by atomic mass is 9.72. The fourth-order valence-electron chi connectivity index (χ4n) is 10.3. The maximum absolute atomic E-state index is 7.15. The molecular formula is C58H45N3O3.